The molecule has 0 aromatic heterocycles. The number of halogens is 1. The van der Waals surface area contributed by atoms with Crippen LogP contribution in [-0.2, 0) is 6.54 Å². The molecule has 0 fully saturated rings. The van der Waals surface area contributed by atoms with Crippen LogP contribution in [0.5, 0.6) is 0 Å². The maximum Gasteiger partial charge on any atom is 0.283 e. The molecule has 0 aliphatic carbocycles. The third kappa shape index (κ3) is 3.76. The fraction of sp³-hybridized carbons (Fsp3) is 0.0769. The quantitative estimate of drug-likeness (QED) is 0.650. The standard InChI is InChI=1S/C13H10BrN3O4/c14-12-7-10(3-6-13(12)17(20)21)15-8-9-1-4-11(5-2-9)16(18)19/h1-7,15H,8H2. The van der Waals surface area contributed by atoms with Gasteiger partial charge in [0.25, 0.3) is 11.4 Å². The second-order valence-electron chi connectivity index (χ2n) is 4.20. The van der Waals surface area contributed by atoms with Crippen molar-refractivity contribution in [1.29, 1.82) is 0 Å². The van der Waals surface area contributed by atoms with E-state index in [2.05, 4.69) is 21.2 Å². The number of nitrogens with one attached hydrogen (secondary N) is 1. The number of non-ortho nitro benzene ring substituents is 1. The summed E-state index contributed by atoms with van der Waals surface area (Å²) in [6.07, 6.45) is 0. The molecule has 0 radical (unpaired) electrons. The molecule has 0 bridgehead atoms. The monoisotopic (exact) mass is 351 g/mol. The van der Waals surface area contributed by atoms with Gasteiger partial charge in [0.15, 0.2) is 0 Å². The Kier molecular flexibility index (Phi) is 4.49. The SMILES string of the molecule is O=[N+]([O-])c1ccc(CNc2ccc([N+](=O)[O-])c(Br)c2)cc1. The summed E-state index contributed by atoms with van der Waals surface area (Å²) in [5, 5.41) is 24.3. The molecule has 108 valence electrons. The Labute approximate surface area is 128 Å². The third-order valence-electron chi connectivity index (χ3n) is 2.79. The topological polar surface area (TPSA) is 98.3 Å². The van der Waals surface area contributed by atoms with E-state index in [0.29, 0.717) is 16.7 Å². The molecule has 2 aromatic rings. The van der Waals surface area contributed by atoms with E-state index in [-0.39, 0.29) is 11.4 Å². The maximum atomic E-state index is 10.7. The van der Waals surface area contributed by atoms with Gasteiger partial charge in [-0.3, -0.25) is 20.2 Å². The molecule has 21 heavy (non-hydrogen) atoms. The van der Waals surface area contributed by atoms with Crippen LogP contribution in [0.3, 0.4) is 0 Å². The normalized spacial score (nSPS) is 10.1. The summed E-state index contributed by atoms with van der Waals surface area (Å²) >= 11 is 3.14. The molecule has 0 amide bonds. The molecule has 0 saturated heterocycles. The summed E-state index contributed by atoms with van der Waals surface area (Å²) in [5.41, 5.74) is 1.62. The lowest BCUT2D eigenvalue weighted by Gasteiger charge is -2.07. The fourth-order valence-electron chi connectivity index (χ4n) is 1.70. The van der Waals surface area contributed by atoms with E-state index >= 15 is 0 Å². The lowest BCUT2D eigenvalue weighted by Crippen LogP contribution is -2.00. The zero-order valence-electron chi connectivity index (χ0n) is 10.7. The van der Waals surface area contributed by atoms with Gasteiger partial charge >= 0.3 is 0 Å². The van der Waals surface area contributed by atoms with Gasteiger partial charge in [0.05, 0.1) is 14.3 Å². The van der Waals surface area contributed by atoms with Crippen LogP contribution in [-0.4, -0.2) is 9.85 Å². The van der Waals surface area contributed by atoms with Gasteiger partial charge in [0.2, 0.25) is 0 Å². The van der Waals surface area contributed by atoms with Gasteiger partial charge in [-0.2, -0.15) is 0 Å². The maximum absolute atomic E-state index is 10.7. The van der Waals surface area contributed by atoms with Crippen LogP contribution in [0.4, 0.5) is 17.1 Å². The van der Waals surface area contributed by atoms with Crippen molar-refractivity contribution in [3.63, 3.8) is 0 Å². The van der Waals surface area contributed by atoms with Gasteiger partial charge in [0.1, 0.15) is 0 Å². The van der Waals surface area contributed by atoms with Crippen LogP contribution in [0.25, 0.3) is 0 Å². The molecule has 0 aliphatic rings. The Morgan fingerprint density at radius 3 is 2.19 bits per heavy atom. The number of hydrogen-bond donors (Lipinski definition) is 1. The number of rotatable bonds is 5. The fourth-order valence-corrected chi connectivity index (χ4v) is 2.23. The van der Waals surface area contributed by atoms with Crippen molar-refractivity contribution in [3.8, 4) is 0 Å². The lowest BCUT2D eigenvalue weighted by atomic mass is 10.2. The van der Waals surface area contributed by atoms with Gasteiger partial charge in [0, 0.05) is 30.4 Å². The second kappa shape index (κ2) is 6.31. The lowest BCUT2D eigenvalue weighted by molar-refractivity contribution is -0.385. The minimum absolute atomic E-state index is 0.00381. The van der Waals surface area contributed by atoms with Crippen molar-refractivity contribution >= 4 is 33.0 Å². The highest BCUT2D eigenvalue weighted by Gasteiger charge is 2.11. The Morgan fingerprint density at radius 2 is 1.67 bits per heavy atom. The van der Waals surface area contributed by atoms with Gasteiger partial charge in [-0.25, -0.2) is 0 Å². The molecule has 2 aromatic carbocycles. The van der Waals surface area contributed by atoms with Crippen LogP contribution in [0.15, 0.2) is 46.9 Å². The molecule has 0 atom stereocenters. The number of nitro groups is 2. The van der Waals surface area contributed by atoms with E-state index in [1.165, 1.54) is 18.2 Å². The van der Waals surface area contributed by atoms with Crippen molar-refractivity contribution in [2.45, 2.75) is 6.54 Å². The highest BCUT2D eigenvalue weighted by atomic mass is 79.9. The van der Waals surface area contributed by atoms with Crippen molar-refractivity contribution in [2.24, 2.45) is 0 Å². The largest absolute Gasteiger partial charge is 0.381 e. The van der Waals surface area contributed by atoms with E-state index in [1.807, 2.05) is 0 Å². The van der Waals surface area contributed by atoms with E-state index in [4.69, 9.17) is 0 Å². The summed E-state index contributed by atoms with van der Waals surface area (Å²) in [7, 11) is 0. The average molecular weight is 352 g/mol. The van der Waals surface area contributed by atoms with Crippen molar-refractivity contribution in [3.05, 3.63) is 72.7 Å². The minimum atomic E-state index is -0.468. The van der Waals surface area contributed by atoms with Crippen LogP contribution in [0.1, 0.15) is 5.56 Å². The molecular formula is C13H10BrN3O4. The van der Waals surface area contributed by atoms with E-state index < -0.39 is 9.85 Å². The van der Waals surface area contributed by atoms with Crippen molar-refractivity contribution in [2.75, 3.05) is 5.32 Å². The molecule has 2 rings (SSSR count). The first-order valence-electron chi connectivity index (χ1n) is 5.88. The van der Waals surface area contributed by atoms with Gasteiger partial charge < -0.3 is 5.32 Å². The van der Waals surface area contributed by atoms with Crippen LogP contribution in [0, 0.1) is 20.2 Å². The van der Waals surface area contributed by atoms with Crippen molar-refractivity contribution < 1.29 is 9.85 Å². The second-order valence-corrected chi connectivity index (χ2v) is 5.05. The number of anilines is 1. The van der Waals surface area contributed by atoms with Gasteiger partial charge in [-0.15, -0.1) is 0 Å². The first kappa shape index (κ1) is 14.9. The first-order valence-corrected chi connectivity index (χ1v) is 6.68. The van der Waals surface area contributed by atoms with E-state index in [0.717, 1.165) is 5.56 Å². The van der Waals surface area contributed by atoms with Crippen molar-refractivity contribution in [1.82, 2.24) is 0 Å². The van der Waals surface area contributed by atoms with E-state index in [1.54, 1.807) is 24.3 Å². The molecule has 7 nitrogen and oxygen atoms in total. The van der Waals surface area contributed by atoms with Gasteiger partial charge in [-0.1, -0.05) is 12.1 Å². The number of benzene rings is 2. The first-order chi connectivity index (χ1) is 9.97. The van der Waals surface area contributed by atoms with Crippen LogP contribution in [0.2, 0.25) is 0 Å². The smallest absolute Gasteiger partial charge is 0.283 e. The number of nitro benzene ring substituents is 2. The molecule has 0 unspecified atom stereocenters. The molecule has 0 aliphatic heterocycles. The molecular weight excluding hydrogens is 342 g/mol. The Morgan fingerprint density at radius 1 is 1.00 bits per heavy atom. The average Bonchev–Trinajstić information content (AvgIpc) is 2.45. The zero-order chi connectivity index (χ0) is 15.4. The number of nitrogens with zero attached hydrogens (tertiary/aromatic N) is 2. The Balaban J connectivity index is 2.04. The number of hydrogen-bond acceptors (Lipinski definition) is 5. The molecule has 0 saturated carbocycles. The van der Waals surface area contributed by atoms with Crippen LogP contribution < -0.4 is 5.32 Å². The Hall–Kier alpha value is -2.48. The molecule has 8 heteroatoms. The highest BCUT2D eigenvalue weighted by molar-refractivity contribution is 9.10. The zero-order valence-corrected chi connectivity index (χ0v) is 12.2. The molecule has 0 heterocycles. The molecule has 1 N–H and O–H groups in total. The minimum Gasteiger partial charge on any atom is -0.381 e. The third-order valence-corrected chi connectivity index (χ3v) is 3.42. The molecule has 0 spiro atoms. The van der Waals surface area contributed by atoms with E-state index in [9.17, 15) is 20.2 Å². The summed E-state index contributed by atoms with van der Waals surface area (Å²) in [6.45, 7) is 0.461. The predicted molar refractivity (Wildman–Crippen MR) is 81.2 cm³/mol. The predicted octanol–water partition coefficient (Wildman–Crippen LogP) is 3.88. The van der Waals surface area contributed by atoms with Crippen LogP contribution >= 0.6 is 15.9 Å². The highest BCUT2D eigenvalue weighted by Crippen LogP contribution is 2.27. The summed E-state index contributed by atoms with van der Waals surface area (Å²) in [5.74, 6) is 0. The summed E-state index contributed by atoms with van der Waals surface area (Å²) in [4.78, 5) is 20.3. The summed E-state index contributed by atoms with van der Waals surface area (Å²) < 4.78 is 0.390. The summed E-state index contributed by atoms with van der Waals surface area (Å²) in [6, 6.07) is 10.8. The van der Waals surface area contributed by atoms with Gasteiger partial charge in [-0.05, 0) is 33.6 Å². The Bertz CT molecular complexity index is 688.